The van der Waals surface area contributed by atoms with Gasteiger partial charge in [-0.05, 0) is 37.1 Å². The Balaban J connectivity index is 0.00000161. The molecule has 2 aliphatic rings. The number of carbonyl (C=O) groups excluding carboxylic acids is 1. The summed E-state index contributed by atoms with van der Waals surface area (Å²) in [6, 6.07) is 7.03. The van der Waals surface area contributed by atoms with Crippen molar-refractivity contribution in [3.63, 3.8) is 0 Å². The number of halogens is 1. The van der Waals surface area contributed by atoms with Crippen LogP contribution in [0.3, 0.4) is 0 Å². The summed E-state index contributed by atoms with van der Waals surface area (Å²) >= 11 is 0. The third-order valence-electron chi connectivity index (χ3n) is 3.98. The summed E-state index contributed by atoms with van der Waals surface area (Å²) in [5, 5.41) is 12.8. The van der Waals surface area contributed by atoms with Crippen LogP contribution in [0, 0.1) is 0 Å². The molecule has 2 atom stereocenters. The standard InChI is InChI=1S/C15H20N2O3.ClH/c18-12-4-1-3-11(9-12)14-10-17(7-8-20-14)15(19)13-5-2-6-16-13;/h1,3-4,9,13-14,16,18H,2,5-8,10H2;1H. The molecule has 2 saturated heterocycles. The van der Waals surface area contributed by atoms with E-state index in [9.17, 15) is 9.90 Å². The maximum atomic E-state index is 12.4. The molecular formula is C15H21ClN2O3. The number of morpholine rings is 1. The molecule has 0 saturated carbocycles. The Morgan fingerprint density at radius 1 is 1.43 bits per heavy atom. The van der Waals surface area contributed by atoms with E-state index in [-0.39, 0.29) is 36.2 Å². The SMILES string of the molecule is Cl.O=C(C1CCCN1)N1CCOC(c2cccc(O)c2)C1. The molecule has 5 nitrogen and oxygen atoms in total. The Hall–Kier alpha value is -1.30. The second kappa shape index (κ2) is 7.11. The summed E-state index contributed by atoms with van der Waals surface area (Å²) < 4.78 is 5.74. The Kier molecular flexibility index (Phi) is 5.45. The number of rotatable bonds is 2. The Labute approximate surface area is 130 Å². The van der Waals surface area contributed by atoms with Crippen molar-refractivity contribution in [3.8, 4) is 5.75 Å². The van der Waals surface area contributed by atoms with Crippen LogP contribution in [0.25, 0.3) is 0 Å². The highest BCUT2D eigenvalue weighted by Gasteiger charge is 2.31. The molecule has 2 heterocycles. The fraction of sp³-hybridized carbons (Fsp3) is 0.533. The Morgan fingerprint density at radius 2 is 2.29 bits per heavy atom. The highest BCUT2D eigenvalue weighted by atomic mass is 35.5. The van der Waals surface area contributed by atoms with Crippen molar-refractivity contribution >= 4 is 18.3 Å². The topological polar surface area (TPSA) is 61.8 Å². The molecule has 0 spiro atoms. The zero-order valence-corrected chi connectivity index (χ0v) is 12.6. The summed E-state index contributed by atoms with van der Waals surface area (Å²) in [6.45, 7) is 2.67. The van der Waals surface area contributed by atoms with E-state index >= 15 is 0 Å². The van der Waals surface area contributed by atoms with Gasteiger partial charge in [0.1, 0.15) is 11.9 Å². The number of benzene rings is 1. The zero-order chi connectivity index (χ0) is 13.9. The van der Waals surface area contributed by atoms with E-state index < -0.39 is 0 Å². The van der Waals surface area contributed by atoms with Crippen LogP contribution in [0.4, 0.5) is 0 Å². The van der Waals surface area contributed by atoms with Crippen LogP contribution in [-0.4, -0.2) is 48.2 Å². The molecule has 0 aromatic heterocycles. The lowest BCUT2D eigenvalue weighted by molar-refractivity contribution is -0.140. The first kappa shape index (κ1) is 16.1. The third kappa shape index (κ3) is 3.67. The zero-order valence-electron chi connectivity index (χ0n) is 11.8. The molecule has 0 radical (unpaired) electrons. The van der Waals surface area contributed by atoms with Gasteiger partial charge in [-0.3, -0.25) is 4.79 Å². The number of aromatic hydroxyl groups is 1. The molecule has 2 fully saturated rings. The number of nitrogens with one attached hydrogen (secondary N) is 1. The largest absolute Gasteiger partial charge is 0.508 e. The summed E-state index contributed by atoms with van der Waals surface area (Å²) in [4.78, 5) is 14.3. The predicted molar refractivity (Wildman–Crippen MR) is 81.7 cm³/mol. The van der Waals surface area contributed by atoms with E-state index in [2.05, 4.69) is 5.32 Å². The molecule has 2 N–H and O–H groups in total. The smallest absolute Gasteiger partial charge is 0.239 e. The summed E-state index contributed by atoms with van der Waals surface area (Å²) in [5.41, 5.74) is 0.918. The molecule has 21 heavy (non-hydrogen) atoms. The van der Waals surface area contributed by atoms with Crippen molar-refractivity contribution in [1.29, 1.82) is 0 Å². The lowest BCUT2D eigenvalue weighted by atomic mass is 10.1. The molecule has 3 rings (SSSR count). The number of hydrogen-bond donors (Lipinski definition) is 2. The van der Waals surface area contributed by atoms with Gasteiger partial charge in [0.05, 0.1) is 19.2 Å². The van der Waals surface area contributed by atoms with E-state index in [1.165, 1.54) is 0 Å². The number of amides is 1. The van der Waals surface area contributed by atoms with Gasteiger partial charge in [0, 0.05) is 6.54 Å². The predicted octanol–water partition coefficient (Wildman–Crippen LogP) is 1.47. The maximum absolute atomic E-state index is 12.4. The van der Waals surface area contributed by atoms with Gasteiger partial charge in [-0.2, -0.15) is 0 Å². The van der Waals surface area contributed by atoms with E-state index in [0.717, 1.165) is 24.9 Å². The fourth-order valence-corrected chi connectivity index (χ4v) is 2.89. The lowest BCUT2D eigenvalue weighted by Crippen LogP contribution is -2.49. The first-order chi connectivity index (χ1) is 9.74. The van der Waals surface area contributed by atoms with Gasteiger partial charge in [0.15, 0.2) is 0 Å². The normalized spacial score (nSPS) is 25.4. The van der Waals surface area contributed by atoms with Gasteiger partial charge >= 0.3 is 0 Å². The highest BCUT2D eigenvalue weighted by molar-refractivity contribution is 5.85. The van der Waals surface area contributed by atoms with Crippen LogP contribution in [-0.2, 0) is 9.53 Å². The van der Waals surface area contributed by atoms with Gasteiger partial charge in [-0.1, -0.05) is 12.1 Å². The fourth-order valence-electron chi connectivity index (χ4n) is 2.89. The quantitative estimate of drug-likeness (QED) is 0.868. The first-order valence-electron chi connectivity index (χ1n) is 7.17. The first-order valence-corrected chi connectivity index (χ1v) is 7.17. The van der Waals surface area contributed by atoms with Gasteiger partial charge in [0.2, 0.25) is 5.91 Å². The summed E-state index contributed by atoms with van der Waals surface area (Å²) in [5.74, 6) is 0.406. The van der Waals surface area contributed by atoms with Gasteiger partial charge < -0.3 is 20.1 Å². The van der Waals surface area contributed by atoms with Crippen molar-refractivity contribution in [2.75, 3.05) is 26.2 Å². The summed E-state index contributed by atoms with van der Waals surface area (Å²) in [7, 11) is 0. The van der Waals surface area contributed by atoms with Crippen LogP contribution in [0.2, 0.25) is 0 Å². The number of nitrogens with zero attached hydrogens (tertiary/aromatic N) is 1. The van der Waals surface area contributed by atoms with E-state index in [1.807, 2.05) is 11.0 Å². The number of phenolic OH excluding ortho intramolecular Hbond substituents is 1. The monoisotopic (exact) mass is 312 g/mol. The van der Waals surface area contributed by atoms with Crippen molar-refractivity contribution in [2.24, 2.45) is 0 Å². The Bertz CT molecular complexity index is 492. The van der Waals surface area contributed by atoms with Gasteiger partial charge in [-0.25, -0.2) is 0 Å². The van der Waals surface area contributed by atoms with E-state index in [1.54, 1.807) is 18.2 Å². The number of ether oxygens (including phenoxy) is 1. The van der Waals surface area contributed by atoms with Gasteiger partial charge in [0.25, 0.3) is 0 Å². The second-order valence-electron chi connectivity index (χ2n) is 5.39. The number of carbonyl (C=O) groups is 1. The molecule has 2 aliphatic heterocycles. The van der Waals surface area contributed by atoms with E-state index in [4.69, 9.17) is 4.74 Å². The molecule has 2 unspecified atom stereocenters. The second-order valence-corrected chi connectivity index (χ2v) is 5.39. The molecule has 1 amide bonds. The van der Waals surface area contributed by atoms with Crippen LogP contribution in [0.15, 0.2) is 24.3 Å². The minimum Gasteiger partial charge on any atom is -0.508 e. The Morgan fingerprint density at radius 3 is 3.00 bits per heavy atom. The van der Waals surface area contributed by atoms with Gasteiger partial charge in [-0.15, -0.1) is 12.4 Å². The highest BCUT2D eigenvalue weighted by Crippen LogP contribution is 2.25. The maximum Gasteiger partial charge on any atom is 0.239 e. The molecule has 1 aromatic rings. The van der Waals surface area contributed by atoms with E-state index in [0.29, 0.717) is 19.7 Å². The third-order valence-corrected chi connectivity index (χ3v) is 3.98. The molecule has 1 aromatic carbocycles. The number of phenols is 1. The molecule has 116 valence electrons. The van der Waals surface area contributed by atoms with Crippen molar-refractivity contribution < 1.29 is 14.6 Å². The average Bonchev–Trinajstić information content (AvgIpc) is 3.01. The minimum atomic E-state index is -0.152. The van der Waals surface area contributed by atoms with Crippen molar-refractivity contribution in [3.05, 3.63) is 29.8 Å². The van der Waals surface area contributed by atoms with Crippen molar-refractivity contribution in [1.82, 2.24) is 10.2 Å². The molecule has 6 heteroatoms. The molecule has 0 bridgehead atoms. The van der Waals surface area contributed by atoms with Crippen molar-refractivity contribution in [2.45, 2.75) is 25.0 Å². The lowest BCUT2D eigenvalue weighted by Gasteiger charge is -2.34. The number of hydrogen-bond acceptors (Lipinski definition) is 4. The van der Waals surface area contributed by atoms with Crippen LogP contribution in [0.1, 0.15) is 24.5 Å². The summed E-state index contributed by atoms with van der Waals surface area (Å²) in [6.07, 6.45) is 1.84. The average molecular weight is 313 g/mol. The van der Waals surface area contributed by atoms with Crippen LogP contribution >= 0.6 is 12.4 Å². The van der Waals surface area contributed by atoms with Crippen LogP contribution < -0.4 is 5.32 Å². The minimum absolute atomic E-state index is 0. The van der Waals surface area contributed by atoms with Crippen LogP contribution in [0.5, 0.6) is 5.75 Å². The molecular weight excluding hydrogens is 292 g/mol. The molecule has 0 aliphatic carbocycles.